The maximum absolute atomic E-state index is 12.0. The molecule has 7 heteroatoms. The lowest BCUT2D eigenvalue weighted by Crippen LogP contribution is -2.43. The predicted molar refractivity (Wildman–Crippen MR) is 78.1 cm³/mol. The second-order valence-corrected chi connectivity index (χ2v) is 6.40. The molecule has 1 aliphatic heterocycles. The molecule has 3 rings (SSSR count). The van der Waals surface area contributed by atoms with Gasteiger partial charge in [0.25, 0.3) is 5.91 Å². The number of thiophene rings is 1. The molecule has 0 aliphatic carbocycles. The normalized spacial score (nSPS) is 22.1. The van der Waals surface area contributed by atoms with Gasteiger partial charge < -0.3 is 15.2 Å². The Labute approximate surface area is 124 Å². The molecule has 1 amide bonds. The Bertz CT molecular complexity index is 589. The fraction of sp³-hybridized carbons (Fsp3) is 0.385. The molecule has 0 spiro atoms. The predicted octanol–water partition coefficient (Wildman–Crippen LogP) is 1.75. The Morgan fingerprint density at radius 1 is 1.55 bits per heavy atom. The minimum Gasteiger partial charge on any atom is -0.386 e. The summed E-state index contributed by atoms with van der Waals surface area (Å²) in [6, 6.07) is 1.98. The molecule has 2 aromatic heterocycles. The van der Waals surface area contributed by atoms with E-state index >= 15 is 0 Å². The number of carbonyl (C=O) groups excluding carboxylic acids is 1. The molecule has 0 bridgehead atoms. The van der Waals surface area contributed by atoms with Gasteiger partial charge in [-0.2, -0.15) is 11.3 Å². The summed E-state index contributed by atoms with van der Waals surface area (Å²) >= 11 is 3.04. The fourth-order valence-corrected chi connectivity index (χ4v) is 3.48. The van der Waals surface area contributed by atoms with Gasteiger partial charge in [0, 0.05) is 35.9 Å². The van der Waals surface area contributed by atoms with Crippen LogP contribution >= 0.6 is 22.7 Å². The molecular weight excluding hydrogens is 296 g/mol. The highest BCUT2D eigenvalue weighted by Gasteiger charge is 2.32. The van der Waals surface area contributed by atoms with Gasteiger partial charge in [-0.25, -0.2) is 4.98 Å². The molecule has 3 heterocycles. The first-order valence-electron chi connectivity index (χ1n) is 6.23. The Hall–Kier alpha value is -1.28. The summed E-state index contributed by atoms with van der Waals surface area (Å²) in [7, 11) is 0. The van der Waals surface area contributed by atoms with Crippen LogP contribution in [0.5, 0.6) is 0 Å². The van der Waals surface area contributed by atoms with Crippen LogP contribution in [-0.2, 0) is 4.74 Å². The maximum atomic E-state index is 12.0. The number of amides is 1. The van der Waals surface area contributed by atoms with Crippen LogP contribution in [0.25, 0.3) is 10.6 Å². The van der Waals surface area contributed by atoms with Crippen molar-refractivity contribution in [3.8, 4) is 10.6 Å². The van der Waals surface area contributed by atoms with Crippen molar-refractivity contribution in [3.63, 3.8) is 0 Å². The van der Waals surface area contributed by atoms with E-state index in [0.717, 1.165) is 10.6 Å². The fourth-order valence-electron chi connectivity index (χ4n) is 1.97. The SMILES string of the molecule is O=C(NCC1(O)CCOC1)c1csc(-c2ccsc2)n1. The summed E-state index contributed by atoms with van der Waals surface area (Å²) in [4.78, 5) is 16.3. The summed E-state index contributed by atoms with van der Waals surface area (Å²) in [6.45, 7) is 0.993. The van der Waals surface area contributed by atoms with E-state index in [-0.39, 0.29) is 19.1 Å². The maximum Gasteiger partial charge on any atom is 0.270 e. The Morgan fingerprint density at radius 3 is 3.15 bits per heavy atom. The lowest BCUT2D eigenvalue weighted by atomic mass is 10.0. The van der Waals surface area contributed by atoms with Gasteiger partial charge >= 0.3 is 0 Å². The quantitative estimate of drug-likeness (QED) is 0.902. The zero-order valence-corrected chi connectivity index (χ0v) is 12.3. The minimum atomic E-state index is -0.943. The number of nitrogens with zero attached hydrogens (tertiary/aromatic N) is 1. The molecule has 106 valence electrons. The molecule has 1 saturated heterocycles. The molecule has 2 aromatic rings. The topological polar surface area (TPSA) is 71.5 Å². The molecule has 1 fully saturated rings. The van der Waals surface area contributed by atoms with E-state index < -0.39 is 5.60 Å². The zero-order chi connectivity index (χ0) is 14.0. The molecule has 1 atom stereocenters. The van der Waals surface area contributed by atoms with Crippen molar-refractivity contribution < 1.29 is 14.6 Å². The summed E-state index contributed by atoms with van der Waals surface area (Å²) in [5.41, 5.74) is 0.475. The van der Waals surface area contributed by atoms with E-state index in [0.29, 0.717) is 18.7 Å². The van der Waals surface area contributed by atoms with Gasteiger partial charge in [0.1, 0.15) is 16.3 Å². The van der Waals surface area contributed by atoms with Crippen LogP contribution in [0.15, 0.2) is 22.2 Å². The van der Waals surface area contributed by atoms with E-state index in [1.165, 1.54) is 11.3 Å². The van der Waals surface area contributed by atoms with Gasteiger partial charge in [0.05, 0.1) is 6.61 Å². The first kappa shape index (κ1) is 13.7. The van der Waals surface area contributed by atoms with Crippen LogP contribution < -0.4 is 5.32 Å². The van der Waals surface area contributed by atoms with E-state index in [9.17, 15) is 9.90 Å². The summed E-state index contributed by atoms with van der Waals surface area (Å²) in [6.07, 6.45) is 0.546. The summed E-state index contributed by atoms with van der Waals surface area (Å²) in [5.74, 6) is -0.261. The van der Waals surface area contributed by atoms with Crippen LogP contribution in [0.2, 0.25) is 0 Å². The lowest BCUT2D eigenvalue weighted by Gasteiger charge is -2.20. The summed E-state index contributed by atoms with van der Waals surface area (Å²) < 4.78 is 5.14. The van der Waals surface area contributed by atoms with Crippen LogP contribution in [-0.4, -0.2) is 41.4 Å². The van der Waals surface area contributed by atoms with Crippen molar-refractivity contribution in [2.45, 2.75) is 12.0 Å². The number of nitrogens with one attached hydrogen (secondary N) is 1. The Morgan fingerprint density at radius 2 is 2.45 bits per heavy atom. The van der Waals surface area contributed by atoms with E-state index in [1.54, 1.807) is 16.7 Å². The third kappa shape index (κ3) is 2.90. The van der Waals surface area contributed by atoms with Gasteiger partial charge in [-0.05, 0) is 11.4 Å². The third-order valence-corrected chi connectivity index (χ3v) is 4.74. The van der Waals surface area contributed by atoms with Crippen LogP contribution in [0, 0.1) is 0 Å². The number of carbonyl (C=O) groups is 1. The number of hydrogen-bond acceptors (Lipinski definition) is 6. The second-order valence-electron chi connectivity index (χ2n) is 4.76. The third-order valence-electron chi connectivity index (χ3n) is 3.17. The number of hydrogen-bond donors (Lipinski definition) is 2. The molecule has 1 aliphatic rings. The molecule has 0 aromatic carbocycles. The standard InChI is InChI=1S/C13H14N2O3S2/c16-11(14-7-13(17)2-3-18-8-13)10-6-20-12(15-10)9-1-4-19-5-9/h1,4-6,17H,2-3,7-8H2,(H,14,16). The van der Waals surface area contributed by atoms with Crippen molar-refractivity contribution in [2.75, 3.05) is 19.8 Å². The molecule has 0 saturated carbocycles. The first-order chi connectivity index (χ1) is 9.66. The monoisotopic (exact) mass is 310 g/mol. The van der Waals surface area contributed by atoms with Crippen molar-refractivity contribution in [1.29, 1.82) is 0 Å². The highest BCUT2D eigenvalue weighted by Crippen LogP contribution is 2.25. The number of aliphatic hydroxyl groups is 1. The lowest BCUT2D eigenvalue weighted by molar-refractivity contribution is 0.0264. The highest BCUT2D eigenvalue weighted by molar-refractivity contribution is 7.14. The second kappa shape index (κ2) is 5.61. The molecule has 20 heavy (non-hydrogen) atoms. The molecule has 1 unspecified atom stereocenters. The van der Waals surface area contributed by atoms with E-state index in [1.807, 2.05) is 16.8 Å². The van der Waals surface area contributed by atoms with Gasteiger partial charge in [0.2, 0.25) is 0 Å². The Kier molecular flexibility index (Phi) is 3.84. The first-order valence-corrected chi connectivity index (χ1v) is 8.05. The number of thiazole rings is 1. The number of aromatic nitrogens is 1. The van der Waals surface area contributed by atoms with Crippen LogP contribution in [0.4, 0.5) is 0 Å². The molecule has 0 radical (unpaired) electrons. The van der Waals surface area contributed by atoms with Gasteiger partial charge in [-0.1, -0.05) is 0 Å². The van der Waals surface area contributed by atoms with Crippen molar-refractivity contribution >= 4 is 28.6 Å². The van der Waals surface area contributed by atoms with Crippen molar-refractivity contribution in [1.82, 2.24) is 10.3 Å². The average molecular weight is 310 g/mol. The highest BCUT2D eigenvalue weighted by atomic mass is 32.1. The van der Waals surface area contributed by atoms with Crippen LogP contribution in [0.3, 0.4) is 0 Å². The van der Waals surface area contributed by atoms with Gasteiger partial charge in [0.15, 0.2) is 0 Å². The number of ether oxygens (including phenoxy) is 1. The van der Waals surface area contributed by atoms with Crippen molar-refractivity contribution in [3.05, 3.63) is 27.9 Å². The van der Waals surface area contributed by atoms with E-state index in [2.05, 4.69) is 10.3 Å². The van der Waals surface area contributed by atoms with E-state index in [4.69, 9.17) is 4.74 Å². The van der Waals surface area contributed by atoms with Crippen LogP contribution in [0.1, 0.15) is 16.9 Å². The van der Waals surface area contributed by atoms with Gasteiger partial charge in [-0.15, -0.1) is 11.3 Å². The molecule has 2 N–H and O–H groups in total. The summed E-state index contributed by atoms with van der Waals surface area (Å²) in [5, 5.41) is 19.3. The zero-order valence-electron chi connectivity index (χ0n) is 10.7. The number of rotatable bonds is 4. The van der Waals surface area contributed by atoms with Gasteiger partial charge in [-0.3, -0.25) is 4.79 Å². The van der Waals surface area contributed by atoms with Crippen molar-refractivity contribution in [2.24, 2.45) is 0 Å². The molecular formula is C13H14N2O3S2. The average Bonchev–Trinajstić information content (AvgIpc) is 3.16. The minimum absolute atomic E-state index is 0.192. The Balaban J connectivity index is 1.63. The smallest absolute Gasteiger partial charge is 0.270 e. The molecule has 5 nitrogen and oxygen atoms in total. The largest absolute Gasteiger partial charge is 0.386 e.